The van der Waals surface area contributed by atoms with Crippen LogP contribution in [-0.4, -0.2) is 30.7 Å². The van der Waals surface area contributed by atoms with Crippen molar-refractivity contribution in [2.75, 3.05) is 19.8 Å². The SMILES string of the molecule is C=CCCC1(CO)COC(C)(C)OC1. The quantitative estimate of drug-likeness (QED) is 0.702. The smallest absolute Gasteiger partial charge is 0.162 e. The Morgan fingerprint density at radius 2 is 1.93 bits per heavy atom. The predicted molar refractivity (Wildman–Crippen MR) is 54.9 cm³/mol. The van der Waals surface area contributed by atoms with Gasteiger partial charge in [-0.2, -0.15) is 0 Å². The van der Waals surface area contributed by atoms with E-state index in [4.69, 9.17) is 9.47 Å². The van der Waals surface area contributed by atoms with E-state index in [-0.39, 0.29) is 12.0 Å². The van der Waals surface area contributed by atoms with E-state index in [0.717, 1.165) is 12.8 Å². The van der Waals surface area contributed by atoms with Crippen molar-refractivity contribution >= 4 is 0 Å². The lowest BCUT2D eigenvalue weighted by Crippen LogP contribution is -2.48. The molecule has 1 N–H and O–H groups in total. The Balaban J connectivity index is 2.52. The van der Waals surface area contributed by atoms with Crippen LogP contribution >= 0.6 is 0 Å². The largest absolute Gasteiger partial charge is 0.396 e. The molecule has 1 heterocycles. The number of ether oxygens (including phenoxy) is 2. The summed E-state index contributed by atoms with van der Waals surface area (Å²) in [6, 6.07) is 0. The molecule has 0 spiro atoms. The third kappa shape index (κ3) is 2.80. The van der Waals surface area contributed by atoms with Gasteiger partial charge in [0.25, 0.3) is 0 Å². The van der Waals surface area contributed by atoms with Crippen LogP contribution in [0.5, 0.6) is 0 Å². The second kappa shape index (κ2) is 4.43. The summed E-state index contributed by atoms with van der Waals surface area (Å²) in [4.78, 5) is 0. The fourth-order valence-corrected chi connectivity index (χ4v) is 1.46. The van der Waals surface area contributed by atoms with Crippen molar-refractivity contribution in [3.63, 3.8) is 0 Å². The molecule has 14 heavy (non-hydrogen) atoms. The Bertz CT molecular complexity index is 189. The third-order valence-electron chi connectivity index (χ3n) is 2.67. The fraction of sp³-hybridized carbons (Fsp3) is 0.818. The number of hydrogen-bond donors (Lipinski definition) is 1. The average molecular weight is 200 g/mol. The molecule has 1 aliphatic rings. The molecular weight excluding hydrogens is 180 g/mol. The van der Waals surface area contributed by atoms with Gasteiger partial charge in [0, 0.05) is 5.41 Å². The molecule has 3 nitrogen and oxygen atoms in total. The van der Waals surface area contributed by atoms with Crippen LogP contribution in [0.25, 0.3) is 0 Å². The van der Waals surface area contributed by atoms with Gasteiger partial charge in [-0.3, -0.25) is 0 Å². The molecule has 0 saturated carbocycles. The van der Waals surface area contributed by atoms with Crippen molar-refractivity contribution < 1.29 is 14.6 Å². The Morgan fingerprint density at radius 1 is 1.36 bits per heavy atom. The van der Waals surface area contributed by atoms with Crippen LogP contribution in [0.3, 0.4) is 0 Å². The van der Waals surface area contributed by atoms with E-state index in [2.05, 4.69) is 6.58 Å². The Morgan fingerprint density at radius 3 is 2.36 bits per heavy atom. The van der Waals surface area contributed by atoms with Crippen LogP contribution in [0, 0.1) is 5.41 Å². The molecule has 0 aromatic rings. The van der Waals surface area contributed by atoms with E-state index in [0.29, 0.717) is 13.2 Å². The standard InChI is InChI=1S/C11H20O3/c1-4-5-6-11(7-12)8-13-10(2,3)14-9-11/h4,12H,1,5-9H2,2-3H3. The highest BCUT2D eigenvalue weighted by molar-refractivity contribution is 4.85. The van der Waals surface area contributed by atoms with E-state index in [1.807, 2.05) is 19.9 Å². The van der Waals surface area contributed by atoms with Crippen molar-refractivity contribution in [3.05, 3.63) is 12.7 Å². The van der Waals surface area contributed by atoms with Crippen LogP contribution < -0.4 is 0 Å². The number of allylic oxidation sites excluding steroid dienone is 1. The summed E-state index contributed by atoms with van der Waals surface area (Å²) >= 11 is 0. The van der Waals surface area contributed by atoms with Gasteiger partial charge in [0.15, 0.2) is 5.79 Å². The lowest BCUT2D eigenvalue weighted by atomic mass is 9.85. The van der Waals surface area contributed by atoms with E-state index >= 15 is 0 Å². The molecule has 0 unspecified atom stereocenters. The zero-order valence-corrected chi connectivity index (χ0v) is 9.08. The summed E-state index contributed by atoms with van der Waals surface area (Å²) in [7, 11) is 0. The van der Waals surface area contributed by atoms with Gasteiger partial charge in [-0.15, -0.1) is 6.58 Å². The molecule has 0 radical (unpaired) electrons. The van der Waals surface area contributed by atoms with Gasteiger partial charge in [0.1, 0.15) is 0 Å². The highest BCUT2D eigenvalue weighted by Gasteiger charge is 2.38. The Hall–Kier alpha value is -0.380. The molecule has 1 fully saturated rings. The van der Waals surface area contributed by atoms with Gasteiger partial charge < -0.3 is 14.6 Å². The molecule has 1 rings (SSSR count). The Labute approximate surface area is 85.7 Å². The minimum absolute atomic E-state index is 0.108. The van der Waals surface area contributed by atoms with Crippen molar-refractivity contribution in [2.45, 2.75) is 32.5 Å². The maximum Gasteiger partial charge on any atom is 0.162 e. The summed E-state index contributed by atoms with van der Waals surface area (Å²) in [6.45, 7) is 8.68. The van der Waals surface area contributed by atoms with Crippen LogP contribution in [0.2, 0.25) is 0 Å². The monoisotopic (exact) mass is 200 g/mol. The number of aliphatic hydroxyl groups is 1. The molecule has 82 valence electrons. The van der Waals surface area contributed by atoms with Crippen molar-refractivity contribution in [3.8, 4) is 0 Å². The molecule has 1 aliphatic heterocycles. The summed E-state index contributed by atoms with van der Waals surface area (Å²) in [5.74, 6) is -0.507. The average Bonchev–Trinajstić information content (AvgIpc) is 2.18. The van der Waals surface area contributed by atoms with Gasteiger partial charge in [0.05, 0.1) is 19.8 Å². The van der Waals surface area contributed by atoms with E-state index in [1.54, 1.807) is 0 Å². The molecule has 0 aromatic carbocycles. The van der Waals surface area contributed by atoms with Crippen molar-refractivity contribution in [2.24, 2.45) is 5.41 Å². The zero-order valence-electron chi connectivity index (χ0n) is 9.08. The molecule has 0 amide bonds. The number of rotatable bonds is 4. The van der Waals surface area contributed by atoms with Crippen molar-refractivity contribution in [1.82, 2.24) is 0 Å². The maximum atomic E-state index is 9.34. The van der Waals surface area contributed by atoms with Crippen molar-refractivity contribution in [1.29, 1.82) is 0 Å². The Kier molecular flexibility index (Phi) is 3.70. The summed E-state index contributed by atoms with van der Waals surface area (Å²) in [5.41, 5.74) is -0.232. The first-order valence-corrected chi connectivity index (χ1v) is 5.03. The molecule has 0 aliphatic carbocycles. The highest BCUT2D eigenvalue weighted by Crippen LogP contribution is 2.33. The van der Waals surface area contributed by atoms with E-state index in [9.17, 15) is 5.11 Å². The van der Waals surface area contributed by atoms with Crippen LogP contribution in [0.4, 0.5) is 0 Å². The molecule has 0 bridgehead atoms. The first kappa shape index (κ1) is 11.7. The summed E-state index contributed by atoms with van der Waals surface area (Å²) < 4.78 is 11.1. The highest BCUT2D eigenvalue weighted by atomic mass is 16.7. The minimum atomic E-state index is -0.507. The summed E-state index contributed by atoms with van der Waals surface area (Å²) in [6.07, 6.45) is 3.61. The maximum absolute atomic E-state index is 9.34. The number of aliphatic hydroxyl groups excluding tert-OH is 1. The molecule has 3 heteroatoms. The minimum Gasteiger partial charge on any atom is -0.396 e. The zero-order chi connectivity index (χ0) is 10.7. The van der Waals surface area contributed by atoms with Gasteiger partial charge in [-0.1, -0.05) is 6.08 Å². The molecule has 0 atom stereocenters. The van der Waals surface area contributed by atoms with Gasteiger partial charge >= 0.3 is 0 Å². The van der Waals surface area contributed by atoms with Gasteiger partial charge in [0.2, 0.25) is 0 Å². The summed E-state index contributed by atoms with van der Waals surface area (Å²) in [5, 5.41) is 9.34. The first-order chi connectivity index (χ1) is 6.54. The normalized spacial score (nSPS) is 24.5. The lowest BCUT2D eigenvalue weighted by molar-refractivity contribution is -0.291. The second-order valence-corrected chi connectivity index (χ2v) is 4.46. The first-order valence-electron chi connectivity index (χ1n) is 5.03. The topological polar surface area (TPSA) is 38.7 Å². The molecule has 0 aromatic heterocycles. The van der Waals surface area contributed by atoms with E-state index < -0.39 is 5.79 Å². The van der Waals surface area contributed by atoms with Crippen LogP contribution in [-0.2, 0) is 9.47 Å². The van der Waals surface area contributed by atoms with Crippen LogP contribution in [0.15, 0.2) is 12.7 Å². The molecular formula is C11H20O3. The fourth-order valence-electron chi connectivity index (χ4n) is 1.46. The lowest BCUT2D eigenvalue weighted by Gasteiger charge is -2.42. The van der Waals surface area contributed by atoms with Crippen LogP contribution in [0.1, 0.15) is 26.7 Å². The van der Waals surface area contributed by atoms with Gasteiger partial charge in [-0.05, 0) is 26.7 Å². The predicted octanol–water partition coefficient (Wildman–Crippen LogP) is 1.71. The second-order valence-electron chi connectivity index (χ2n) is 4.46. The van der Waals surface area contributed by atoms with Gasteiger partial charge in [-0.25, -0.2) is 0 Å². The third-order valence-corrected chi connectivity index (χ3v) is 2.67. The number of hydrogen-bond acceptors (Lipinski definition) is 3. The molecule has 1 saturated heterocycles. The van der Waals surface area contributed by atoms with E-state index in [1.165, 1.54) is 0 Å².